The maximum Gasteiger partial charge on any atom is 0.242 e. The zero-order chi connectivity index (χ0) is 12.3. The van der Waals surface area contributed by atoms with Gasteiger partial charge in [-0.05, 0) is 54.4 Å². The molecule has 0 atom stereocenters. The third kappa shape index (κ3) is 3.48. The van der Waals surface area contributed by atoms with Gasteiger partial charge in [0.25, 0.3) is 0 Å². The molecule has 0 aliphatic carbocycles. The second kappa shape index (κ2) is 5.18. The smallest absolute Gasteiger partial charge is 0.242 e. The van der Waals surface area contributed by atoms with E-state index in [1.165, 1.54) is 0 Å². The maximum absolute atomic E-state index is 10.7. The summed E-state index contributed by atoms with van der Waals surface area (Å²) in [5, 5.41) is 0. The molecule has 0 amide bonds. The molecule has 0 N–H and O–H groups in total. The van der Waals surface area contributed by atoms with Crippen LogP contribution in [0.2, 0.25) is 19.6 Å². The average molecular weight is 350 g/mol. The quantitative estimate of drug-likeness (QED) is 0.475. The number of aldehydes is 1. The molecule has 0 aromatic heterocycles. The Hall–Kier alpha value is -0.563. The van der Waals surface area contributed by atoms with Gasteiger partial charge in [-0.1, -0.05) is 0 Å². The van der Waals surface area contributed by atoms with Crippen LogP contribution in [0.15, 0.2) is 12.1 Å². The van der Waals surface area contributed by atoms with Crippen LogP contribution < -0.4 is 9.16 Å². The van der Waals surface area contributed by atoms with Crippen molar-refractivity contribution in [1.82, 2.24) is 0 Å². The fraction of sp³-hybridized carbons (Fsp3) is 0.364. The van der Waals surface area contributed by atoms with E-state index in [0.29, 0.717) is 11.3 Å². The summed E-state index contributed by atoms with van der Waals surface area (Å²) < 4.78 is 12.1. The number of carbonyl (C=O) groups is 1. The van der Waals surface area contributed by atoms with Crippen molar-refractivity contribution in [2.75, 3.05) is 7.11 Å². The summed E-state index contributed by atoms with van der Waals surface area (Å²) in [4.78, 5) is 10.7. The Balaban J connectivity index is 3.21. The second-order valence-corrected chi connectivity index (χ2v) is 9.96. The number of methoxy groups -OCH3 is 1. The summed E-state index contributed by atoms with van der Waals surface area (Å²) in [5.41, 5.74) is 0.601. The summed E-state index contributed by atoms with van der Waals surface area (Å²) >= 11 is 2.16. The molecule has 0 spiro atoms. The topological polar surface area (TPSA) is 35.5 Å². The Bertz CT molecular complexity index is 399. The van der Waals surface area contributed by atoms with Gasteiger partial charge in [-0.2, -0.15) is 0 Å². The first kappa shape index (κ1) is 13.5. The van der Waals surface area contributed by atoms with Crippen molar-refractivity contribution >= 4 is 37.2 Å². The van der Waals surface area contributed by atoms with Gasteiger partial charge in [0.1, 0.15) is 6.29 Å². The minimum atomic E-state index is -1.68. The molecular weight excluding hydrogens is 335 g/mol. The Morgan fingerprint density at radius 1 is 1.31 bits per heavy atom. The minimum Gasteiger partial charge on any atom is -0.541 e. The summed E-state index contributed by atoms with van der Waals surface area (Å²) in [5.74, 6) is 1.37. The zero-order valence-electron chi connectivity index (χ0n) is 9.83. The van der Waals surface area contributed by atoms with Gasteiger partial charge >= 0.3 is 0 Å². The number of ether oxygens (including phenoxy) is 1. The highest BCUT2D eigenvalue weighted by Gasteiger charge is 2.21. The van der Waals surface area contributed by atoms with E-state index < -0.39 is 8.32 Å². The molecule has 1 aromatic rings. The van der Waals surface area contributed by atoms with E-state index in [4.69, 9.17) is 9.16 Å². The van der Waals surface area contributed by atoms with E-state index in [-0.39, 0.29) is 0 Å². The molecule has 0 bridgehead atoms. The van der Waals surface area contributed by atoms with E-state index in [2.05, 4.69) is 42.2 Å². The van der Waals surface area contributed by atoms with Gasteiger partial charge < -0.3 is 9.16 Å². The fourth-order valence-corrected chi connectivity index (χ4v) is 2.98. The predicted octanol–water partition coefficient (Wildman–Crippen LogP) is 3.33. The zero-order valence-corrected chi connectivity index (χ0v) is 13.0. The molecule has 0 saturated heterocycles. The summed E-state index contributed by atoms with van der Waals surface area (Å²) in [6, 6.07) is 3.50. The SMILES string of the molecule is COc1cc(C=O)cc(I)c1O[Si](C)(C)C. The van der Waals surface area contributed by atoms with Gasteiger partial charge in [-0.3, -0.25) is 4.79 Å². The van der Waals surface area contributed by atoms with Crippen molar-refractivity contribution in [3.8, 4) is 11.5 Å². The van der Waals surface area contributed by atoms with Crippen LogP contribution in [-0.4, -0.2) is 21.7 Å². The van der Waals surface area contributed by atoms with Crippen molar-refractivity contribution in [2.24, 2.45) is 0 Å². The van der Waals surface area contributed by atoms with E-state index in [1.54, 1.807) is 19.2 Å². The van der Waals surface area contributed by atoms with Crippen LogP contribution in [0.4, 0.5) is 0 Å². The normalized spacial score (nSPS) is 11.1. The molecule has 1 rings (SSSR count). The third-order valence-electron chi connectivity index (χ3n) is 1.80. The molecule has 0 saturated carbocycles. The molecule has 0 aliphatic heterocycles. The van der Waals surface area contributed by atoms with Gasteiger partial charge in [-0.25, -0.2) is 0 Å². The van der Waals surface area contributed by atoms with Crippen molar-refractivity contribution in [2.45, 2.75) is 19.6 Å². The van der Waals surface area contributed by atoms with E-state index >= 15 is 0 Å². The largest absolute Gasteiger partial charge is 0.541 e. The number of benzene rings is 1. The highest BCUT2D eigenvalue weighted by atomic mass is 127. The lowest BCUT2D eigenvalue weighted by Gasteiger charge is -2.22. The van der Waals surface area contributed by atoms with Crippen LogP contribution in [0.25, 0.3) is 0 Å². The van der Waals surface area contributed by atoms with Gasteiger partial charge in [0, 0.05) is 5.56 Å². The lowest BCUT2D eigenvalue weighted by atomic mass is 10.2. The summed E-state index contributed by atoms with van der Waals surface area (Å²) in [7, 11) is -0.0974. The molecule has 0 fully saturated rings. The standard InChI is InChI=1S/C11H15IO3Si/c1-14-10-6-8(7-13)5-9(12)11(10)15-16(2,3)4/h5-7H,1-4H3. The molecule has 0 radical (unpaired) electrons. The van der Waals surface area contributed by atoms with E-state index in [0.717, 1.165) is 15.6 Å². The van der Waals surface area contributed by atoms with Crippen LogP contribution in [-0.2, 0) is 0 Å². The Labute approximate surface area is 110 Å². The van der Waals surface area contributed by atoms with Gasteiger partial charge in [0.2, 0.25) is 8.32 Å². The lowest BCUT2D eigenvalue weighted by Crippen LogP contribution is -2.30. The number of rotatable bonds is 4. The minimum absolute atomic E-state index is 0.601. The highest BCUT2D eigenvalue weighted by Crippen LogP contribution is 2.35. The molecule has 0 unspecified atom stereocenters. The number of carbonyl (C=O) groups excluding carboxylic acids is 1. The van der Waals surface area contributed by atoms with Gasteiger partial charge in [0.05, 0.1) is 10.7 Å². The molecule has 0 aliphatic rings. The number of hydrogen-bond donors (Lipinski definition) is 0. The predicted molar refractivity (Wildman–Crippen MR) is 75.1 cm³/mol. The highest BCUT2D eigenvalue weighted by molar-refractivity contribution is 14.1. The monoisotopic (exact) mass is 350 g/mol. The third-order valence-corrected chi connectivity index (χ3v) is 3.41. The first-order chi connectivity index (χ1) is 7.37. The number of hydrogen-bond acceptors (Lipinski definition) is 3. The molecule has 88 valence electrons. The number of halogens is 1. The van der Waals surface area contributed by atoms with Crippen molar-refractivity contribution in [3.05, 3.63) is 21.3 Å². The average Bonchev–Trinajstić information content (AvgIpc) is 2.19. The Kier molecular flexibility index (Phi) is 4.37. The molecule has 0 heterocycles. The first-order valence-electron chi connectivity index (χ1n) is 4.89. The molecule has 16 heavy (non-hydrogen) atoms. The van der Waals surface area contributed by atoms with Crippen LogP contribution in [0.1, 0.15) is 10.4 Å². The fourth-order valence-electron chi connectivity index (χ4n) is 1.21. The van der Waals surface area contributed by atoms with Crippen LogP contribution in [0, 0.1) is 3.57 Å². The van der Waals surface area contributed by atoms with Gasteiger partial charge in [0.15, 0.2) is 11.5 Å². The summed E-state index contributed by atoms with van der Waals surface area (Å²) in [6.07, 6.45) is 0.809. The molecule has 5 heteroatoms. The van der Waals surface area contributed by atoms with E-state index in [9.17, 15) is 4.79 Å². The van der Waals surface area contributed by atoms with Crippen LogP contribution in [0.3, 0.4) is 0 Å². The Morgan fingerprint density at radius 2 is 1.94 bits per heavy atom. The molecular formula is C11H15IO3Si. The van der Waals surface area contributed by atoms with E-state index in [1.807, 2.05) is 0 Å². The second-order valence-electron chi connectivity index (χ2n) is 4.37. The Morgan fingerprint density at radius 3 is 2.38 bits per heavy atom. The maximum atomic E-state index is 10.7. The van der Waals surface area contributed by atoms with Crippen molar-refractivity contribution in [1.29, 1.82) is 0 Å². The van der Waals surface area contributed by atoms with Gasteiger partial charge in [-0.15, -0.1) is 0 Å². The van der Waals surface area contributed by atoms with Crippen LogP contribution >= 0.6 is 22.6 Å². The lowest BCUT2D eigenvalue weighted by molar-refractivity contribution is 0.112. The van der Waals surface area contributed by atoms with Crippen molar-refractivity contribution in [3.63, 3.8) is 0 Å². The molecule has 3 nitrogen and oxygen atoms in total. The summed E-state index contributed by atoms with van der Waals surface area (Å²) in [6.45, 7) is 6.32. The molecule has 1 aromatic carbocycles. The van der Waals surface area contributed by atoms with Crippen molar-refractivity contribution < 1.29 is 14.0 Å². The first-order valence-corrected chi connectivity index (χ1v) is 9.38. The van der Waals surface area contributed by atoms with Crippen LogP contribution in [0.5, 0.6) is 11.5 Å².